The molecule has 0 aromatic carbocycles. The summed E-state index contributed by atoms with van der Waals surface area (Å²) >= 11 is 0. The largest absolute Gasteiger partial charge is 0.0625 e. The van der Waals surface area contributed by atoms with Crippen LogP contribution in [0.5, 0.6) is 0 Å². The summed E-state index contributed by atoms with van der Waals surface area (Å²) in [7, 11) is 0. The summed E-state index contributed by atoms with van der Waals surface area (Å²) in [5.41, 5.74) is 0.462. The molecule has 0 saturated heterocycles. The molecule has 11 heavy (non-hydrogen) atoms. The summed E-state index contributed by atoms with van der Waals surface area (Å²) in [6.07, 6.45) is 0. The molecule has 0 N–H and O–H groups in total. The fourth-order valence-corrected chi connectivity index (χ4v) is 1.37. The van der Waals surface area contributed by atoms with E-state index in [9.17, 15) is 0 Å². The van der Waals surface area contributed by atoms with Crippen LogP contribution in [0.1, 0.15) is 48.5 Å². The highest BCUT2D eigenvalue weighted by Crippen LogP contribution is 2.34. The van der Waals surface area contributed by atoms with E-state index in [1.165, 1.54) is 0 Å². The smallest absolute Gasteiger partial charge is 0.0354 e. The first-order valence-corrected chi connectivity index (χ1v) is 4.76. The minimum Gasteiger partial charge on any atom is -0.0625 e. The van der Waals surface area contributed by atoms with E-state index in [4.69, 9.17) is 0 Å². The highest BCUT2D eigenvalue weighted by Gasteiger charge is 2.26. The highest BCUT2D eigenvalue weighted by atomic mass is 14.3. The Bertz CT molecular complexity index is 106. The van der Waals surface area contributed by atoms with Gasteiger partial charge in [-0.1, -0.05) is 48.5 Å². The van der Waals surface area contributed by atoms with Crippen molar-refractivity contribution < 1.29 is 0 Å². The molecule has 0 heterocycles. The fraction of sp³-hybridized carbons (Fsp3) is 1.00. The van der Waals surface area contributed by atoms with E-state index in [-0.39, 0.29) is 0 Å². The van der Waals surface area contributed by atoms with Crippen molar-refractivity contribution >= 4 is 0 Å². The number of hydrogen-bond acceptors (Lipinski definition) is 0. The standard InChI is InChI=1S/C11H24/c1-8(2)9(3)10(4)11(5,6)7/h8-10H,1-7H3. The molecule has 2 unspecified atom stereocenters. The van der Waals surface area contributed by atoms with Crippen molar-refractivity contribution in [1.29, 1.82) is 0 Å². The van der Waals surface area contributed by atoms with Crippen molar-refractivity contribution in [1.82, 2.24) is 0 Å². The van der Waals surface area contributed by atoms with E-state index in [1.54, 1.807) is 0 Å². The van der Waals surface area contributed by atoms with Gasteiger partial charge in [0, 0.05) is 0 Å². The van der Waals surface area contributed by atoms with Crippen molar-refractivity contribution in [2.75, 3.05) is 0 Å². The van der Waals surface area contributed by atoms with Gasteiger partial charge >= 0.3 is 0 Å². The summed E-state index contributed by atoms with van der Waals surface area (Å²) in [6, 6.07) is 0. The molecule has 0 aliphatic carbocycles. The van der Waals surface area contributed by atoms with E-state index in [1.807, 2.05) is 0 Å². The molecule has 0 aromatic heterocycles. The van der Waals surface area contributed by atoms with Crippen LogP contribution < -0.4 is 0 Å². The molecule has 0 radical (unpaired) electrons. The van der Waals surface area contributed by atoms with Gasteiger partial charge in [0.2, 0.25) is 0 Å². The molecule has 0 bridgehead atoms. The lowest BCUT2D eigenvalue weighted by molar-refractivity contribution is 0.152. The molecule has 68 valence electrons. The summed E-state index contributed by atoms with van der Waals surface area (Å²) < 4.78 is 0. The Kier molecular flexibility index (Phi) is 3.60. The summed E-state index contributed by atoms with van der Waals surface area (Å²) in [5, 5.41) is 0. The zero-order valence-electron chi connectivity index (χ0n) is 9.23. The van der Waals surface area contributed by atoms with Crippen molar-refractivity contribution in [2.45, 2.75) is 48.5 Å². The average molecular weight is 156 g/mol. The molecule has 0 fully saturated rings. The quantitative estimate of drug-likeness (QED) is 0.567. The molecule has 0 rings (SSSR count). The summed E-state index contributed by atoms with van der Waals surface area (Å²) in [4.78, 5) is 0. The van der Waals surface area contributed by atoms with Gasteiger partial charge in [-0.25, -0.2) is 0 Å². The first kappa shape index (κ1) is 11.0. The van der Waals surface area contributed by atoms with Gasteiger partial charge in [-0.3, -0.25) is 0 Å². The van der Waals surface area contributed by atoms with Gasteiger partial charge in [-0.15, -0.1) is 0 Å². The molecule has 0 aromatic rings. The van der Waals surface area contributed by atoms with Crippen LogP contribution in [0.2, 0.25) is 0 Å². The molecule has 2 atom stereocenters. The van der Waals surface area contributed by atoms with Crippen LogP contribution in [-0.2, 0) is 0 Å². The molecular weight excluding hydrogens is 132 g/mol. The van der Waals surface area contributed by atoms with Crippen LogP contribution in [0.4, 0.5) is 0 Å². The zero-order valence-corrected chi connectivity index (χ0v) is 9.23. The third kappa shape index (κ3) is 3.27. The maximum absolute atomic E-state index is 2.37. The SMILES string of the molecule is CC(C)C(C)C(C)C(C)(C)C. The lowest BCUT2D eigenvalue weighted by Gasteiger charge is -2.34. The van der Waals surface area contributed by atoms with Crippen LogP contribution >= 0.6 is 0 Å². The van der Waals surface area contributed by atoms with E-state index in [0.29, 0.717) is 5.41 Å². The van der Waals surface area contributed by atoms with Crippen LogP contribution in [0.3, 0.4) is 0 Å². The van der Waals surface area contributed by atoms with E-state index in [2.05, 4.69) is 48.5 Å². The molecule has 0 spiro atoms. The van der Waals surface area contributed by atoms with Crippen molar-refractivity contribution in [3.8, 4) is 0 Å². The Hall–Kier alpha value is 0. The monoisotopic (exact) mass is 156 g/mol. The van der Waals surface area contributed by atoms with Crippen LogP contribution in [0.15, 0.2) is 0 Å². The third-order valence-corrected chi connectivity index (χ3v) is 3.21. The van der Waals surface area contributed by atoms with Gasteiger partial charge in [-0.2, -0.15) is 0 Å². The van der Waals surface area contributed by atoms with Crippen LogP contribution in [0.25, 0.3) is 0 Å². The molecule has 0 aliphatic heterocycles. The van der Waals surface area contributed by atoms with E-state index >= 15 is 0 Å². The molecule has 0 nitrogen and oxygen atoms in total. The number of hydrogen-bond donors (Lipinski definition) is 0. The second-order valence-corrected chi connectivity index (χ2v) is 5.26. The van der Waals surface area contributed by atoms with Crippen LogP contribution in [-0.4, -0.2) is 0 Å². The van der Waals surface area contributed by atoms with Crippen molar-refractivity contribution in [2.24, 2.45) is 23.2 Å². The summed E-state index contributed by atoms with van der Waals surface area (Å²) in [6.45, 7) is 16.3. The fourth-order valence-electron chi connectivity index (χ4n) is 1.37. The molecule has 0 saturated carbocycles. The maximum Gasteiger partial charge on any atom is -0.0354 e. The maximum atomic E-state index is 2.37. The van der Waals surface area contributed by atoms with E-state index < -0.39 is 0 Å². The van der Waals surface area contributed by atoms with Gasteiger partial charge in [0.15, 0.2) is 0 Å². The summed E-state index contributed by atoms with van der Waals surface area (Å²) in [5.74, 6) is 2.45. The van der Waals surface area contributed by atoms with Gasteiger partial charge in [-0.05, 0) is 23.2 Å². The van der Waals surface area contributed by atoms with Gasteiger partial charge in [0.05, 0.1) is 0 Å². The van der Waals surface area contributed by atoms with Crippen molar-refractivity contribution in [3.05, 3.63) is 0 Å². The minimum atomic E-state index is 0.462. The predicted octanol–water partition coefficient (Wildman–Crippen LogP) is 3.96. The van der Waals surface area contributed by atoms with Gasteiger partial charge < -0.3 is 0 Å². The second kappa shape index (κ2) is 3.60. The Morgan fingerprint density at radius 1 is 0.818 bits per heavy atom. The van der Waals surface area contributed by atoms with Crippen molar-refractivity contribution in [3.63, 3.8) is 0 Å². The van der Waals surface area contributed by atoms with Crippen LogP contribution in [0, 0.1) is 23.2 Å². The average Bonchev–Trinajstić information content (AvgIpc) is 1.82. The molecule has 0 aliphatic rings. The van der Waals surface area contributed by atoms with Gasteiger partial charge in [0.1, 0.15) is 0 Å². The number of rotatable bonds is 2. The Labute approximate surface area is 72.4 Å². The Balaban J connectivity index is 4.13. The molecular formula is C11H24. The van der Waals surface area contributed by atoms with Gasteiger partial charge in [0.25, 0.3) is 0 Å². The lowest BCUT2D eigenvalue weighted by Crippen LogP contribution is -2.26. The minimum absolute atomic E-state index is 0.462. The lowest BCUT2D eigenvalue weighted by atomic mass is 9.71. The zero-order chi connectivity index (χ0) is 9.23. The Morgan fingerprint density at radius 2 is 1.18 bits per heavy atom. The highest BCUT2D eigenvalue weighted by molar-refractivity contribution is 4.76. The Morgan fingerprint density at radius 3 is 1.27 bits per heavy atom. The second-order valence-electron chi connectivity index (χ2n) is 5.26. The molecule has 0 heteroatoms. The predicted molar refractivity (Wildman–Crippen MR) is 52.6 cm³/mol. The topological polar surface area (TPSA) is 0 Å². The first-order chi connectivity index (χ1) is 4.76. The molecule has 0 amide bonds. The van der Waals surface area contributed by atoms with E-state index in [0.717, 1.165) is 17.8 Å². The normalized spacial score (nSPS) is 18.5. The third-order valence-electron chi connectivity index (χ3n) is 3.21. The first-order valence-electron chi connectivity index (χ1n) is 4.76.